The first kappa shape index (κ1) is 17.5. The summed E-state index contributed by atoms with van der Waals surface area (Å²) < 4.78 is 26.0. The van der Waals surface area contributed by atoms with Crippen molar-refractivity contribution in [1.29, 1.82) is 0 Å². The van der Waals surface area contributed by atoms with Gasteiger partial charge in [0.15, 0.2) is 6.61 Å². The smallest absolute Gasteiger partial charge is 0.344 e. The van der Waals surface area contributed by atoms with Crippen molar-refractivity contribution in [2.24, 2.45) is 0 Å². The number of carbonyl (C=O) groups is 1. The van der Waals surface area contributed by atoms with Crippen molar-refractivity contribution in [1.82, 2.24) is 0 Å². The number of ether oxygens (including phenoxy) is 5. The van der Waals surface area contributed by atoms with Crippen molar-refractivity contribution in [2.75, 3.05) is 27.9 Å². The molecule has 0 aliphatic heterocycles. The Kier molecular flexibility index (Phi) is 6.31. The number of methoxy groups -OCH3 is 3. The third kappa shape index (κ3) is 4.81. The average Bonchev–Trinajstić information content (AvgIpc) is 2.64. The molecule has 0 aliphatic carbocycles. The average molecular weight is 332 g/mol. The van der Waals surface area contributed by atoms with Crippen LogP contribution in [0.15, 0.2) is 42.5 Å². The Morgan fingerprint density at radius 3 is 2.08 bits per heavy atom. The van der Waals surface area contributed by atoms with E-state index in [1.54, 1.807) is 63.8 Å². The zero-order valence-electron chi connectivity index (χ0n) is 13.9. The van der Waals surface area contributed by atoms with E-state index in [-0.39, 0.29) is 13.2 Å². The van der Waals surface area contributed by atoms with Crippen LogP contribution < -0.4 is 18.9 Å². The number of carbonyl (C=O) groups excluding carboxylic acids is 1. The molecule has 0 heterocycles. The highest BCUT2D eigenvalue weighted by atomic mass is 16.6. The zero-order valence-corrected chi connectivity index (χ0v) is 13.9. The SMILES string of the molecule is COc1ccc(OCC(=O)OCc2cc(OC)ccc2OC)cc1. The largest absolute Gasteiger partial charge is 0.497 e. The molecule has 0 unspecified atom stereocenters. The van der Waals surface area contributed by atoms with Crippen LogP contribution in [0.2, 0.25) is 0 Å². The second-order valence-electron chi connectivity index (χ2n) is 4.80. The fraction of sp³-hybridized carbons (Fsp3) is 0.278. The maximum atomic E-state index is 11.8. The Labute approximate surface area is 140 Å². The summed E-state index contributed by atoms with van der Waals surface area (Å²) in [7, 11) is 4.71. The van der Waals surface area contributed by atoms with Crippen LogP contribution in [0.25, 0.3) is 0 Å². The Balaban J connectivity index is 1.86. The molecule has 0 N–H and O–H groups in total. The molecule has 0 fully saturated rings. The summed E-state index contributed by atoms with van der Waals surface area (Å²) in [6.07, 6.45) is 0. The Bertz CT molecular complexity index is 666. The normalized spacial score (nSPS) is 9.96. The lowest BCUT2D eigenvalue weighted by Crippen LogP contribution is -2.15. The quantitative estimate of drug-likeness (QED) is 0.693. The molecule has 0 spiro atoms. The highest BCUT2D eigenvalue weighted by Gasteiger charge is 2.10. The molecule has 0 amide bonds. The molecule has 0 aromatic heterocycles. The fourth-order valence-electron chi connectivity index (χ4n) is 2.01. The Morgan fingerprint density at radius 1 is 0.833 bits per heavy atom. The van der Waals surface area contributed by atoms with E-state index in [0.29, 0.717) is 17.2 Å². The van der Waals surface area contributed by atoms with Crippen molar-refractivity contribution in [2.45, 2.75) is 6.61 Å². The van der Waals surface area contributed by atoms with Gasteiger partial charge in [-0.1, -0.05) is 0 Å². The lowest BCUT2D eigenvalue weighted by Gasteiger charge is -2.11. The van der Waals surface area contributed by atoms with Gasteiger partial charge in [0.2, 0.25) is 0 Å². The van der Waals surface area contributed by atoms with Gasteiger partial charge < -0.3 is 23.7 Å². The lowest BCUT2D eigenvalue weighted by atomic mass is 10.2. The predicted molar refractivity (Wildman–Crippen MR) is 87.8 cm³/mol. The first-order valence-corrected chi connectivity index (χ1v) is 7.29. The molecule has 2 aromatic rings. The van der Waals surface area contributed by atoms with Gasteiger partial charge in [-0.25, -0.2) is 4.79 Å². The van der Waals surface area contributed by atoms with Gasteiger partial charge in [0.05, 0.1) is 21.3 Å². The highest BCUT2D eigenvalue weighted by Crippen LogP contribution is 2.24. The summed E-state index contributed by atoms with van der Waals surface area (Å²) >= 11 is 0. The Hall–Kier alpha value is -2.89. The summed E-state index contributed by atoms with van der Waals surface area (Å²) in [4.78, 5) is 11.8. The summed E-state index contributed by atoms with van der Waals surface area (Å²) in [5.74, 6) is 2.09. The number of hydrogen-bond donors (Lipinski definition) is 0. The minimum Gasteiger partial charge on any atom is -0.497 e. The van der Waals surface area contributed by atoms with Gasteiger partial charge in [-0.05, 0) is 42.5 Å². The summed E-state index contributed by atoms with van der Waals surface area (Å²) in [5, 5.41) is 0. The number of esters is 1. The third-order valence-electron chi connectivity index (χ3n) is 3.29. The molecular weight excluding hydrogens is 312 g/mol. The van der Waals surface area contributed by atoms with Crippen LogP contribution in [-0.4, -0.2) is 33.9 Å². The molecule has 0 saturated heterocycles. The van der Waals surface area contributed by atoms with Crippen LogP contribution in [0, 0.1) is 0 Å². The predicted octanol–water partition coefficient (Wildman–Crippen LogP) is 2.83. The molecule has 6 nitrogen and oxygen atoms in total. The van der Waals surface area contributed by atoms with Crippen LogP contribution in [0.5, 0.6) is 23.0 Å². The van der Waals surface area contributed by atoms with E-state index >= 15 is 0 Å². The molecule has 0 atom stereocenters. The monoisotopic (exact) mass is 332 g/mol. The summed E-state index contributed by atoms with van der Waals surface area (Å²) in [5.41, 5.74) is 0.717. The molecule has 0 bridgehead atoms. The van der Waals surface area contributed by atoms with Crippen LogP contribution in [0.1, 0.15) is 5.56 Å². The van der Waals surface area contributed by atoms with Crippen LogP contribution in [-0.2, 0) is 16.1 Å². The number of benzene rings is 2. The van der Waals surface area contributed by atoms with Crippen molar-refractivity contribution in [3.8, 4) is 23.0 Å². The third-order valence-corrected chi connectivity index (χ3v) is 3.29. The van der Waals surface area contributed by atoms with E-state index in [0.717, 1.165) is 11.3 Å². The maximum absolute atomic E-state index is 11.8. The van der Waals surface area contributed by atoms with E-state index < -0.39 is 5.97 Å². The molecule has 0 saturated carbocycles. The molecule has 0 aliphatic rings. The van der Waals surface area contributed by atoms with E-state index in [1.165, 1.54) is 0 Å². The molecule has 128 valence electrons. The van der Waals surface area contributed by atoms with E-state index in [4.69, 9.17) is 23.7 Å². The molecular formula is C18H20O6. The summed E-state index contributed by atoms with van der Waals surface area (Å²) in [6.45, 7) is -0.107. The van der Waals surface area contributed by atoms with Crippen LogP contribution >= 0.6 is 0 Å². The van der Waals surface area contributed by atoms with Gasteiger partial charge in [-0.3, -0.25) is 0 Å². The first-order chi connectivity index (χ1) is 11.7. The second kappa shape index (κ2) is 8.67. The number of hydrogen-bond acceptors (Lipinski definition) is 6. The Morgan fingerprint density at radius 2 is 1.46 bits per heavy atom. The van der Waals surface area contributed by atoms with Gasteiger partial charge in [0.1, 0.15) is 29.6 Å². The molecule has 0 radical (unpaired) electrons. The van der Waals surface area contributed by atoms with Crippen molar-refractivity contribution in [3.05, 3.63) is 48.0 Å². The van der Waals surface area contributed by atoms with Crippen LogP contribution in [0.4, 0.5) is 0 Å². The lowest BCUT2D eigenvalue weighted by molar-refractivity contribution is -0.147. The van der Waals surface area contributed by atoms with Crippen molar-refractivity contribution >= 4 is 5.97 Å². The minimum absolute atomic E-state index is 0.0746. The number of rotatable bonds is 8. The fourth-order valence-corrected chi connectivity index (χ4v) is 2.01. The van der Waals surface area contributed by atoms with Crippen molar-refractivity contribution in [3.63, 3.8) is 0 Å². The first-order valence-electron chi connectivity index (χ1n) is 7.29. The van der Waals surface area contributed by atoms with Gasteiger partial charge >= 0.3 is 5.97 Å². The van der Waals surface area contributed by atoms with Gasteiger partial charge in [-0.15, -0.1) is 0 Å². The molecule has 2 rings (SSSR count). The second-order valence-corrected chi connectivity index (χ2v) is 4.80. The summed E-state index contributed by atoms with van der Waals surface area (Å²) in [6, 6.07) is 12.2. The zero-order chi connectivity index (χ0) is 17.4. The maximum Gasteiger partial charge on any atom is 0.344 e. The standard InChI is InChI=1S/C18H20O6/c1-20-14-4-6-15(7-5-14)23-12-18(19)24-11-13-10-16(21-2)8-9-17(13)22-3/h4-10H,11-12H2,1-3H3. The van der Waals surface area contributed by atoms with Crippen LogP contribution in [0.3, 0.4) is 0 Å². The molecule has 24 heavy (non-hydrogen) atoms. The van der Waals surface area contributed by atoms with E-state index in [1.807, 2.05) is 0 Å². The van der Waals surface area contributed by atoms with Gasteiger partial charge in [0, 0.05) is 5.56 Å². The van der Waals surface area contributed by atoms with Gasteiger partial charge in [-0.2, -0.15) is 0 Å². The topological polar surface area (TPSA) is 63.2 Å². The molecule has 2 aromatic carbocycles. The molecule has 6 heteroatoms. The van der Waals surface area contributed by atoms with Gasteiger partial charge in [0.25, 0.3) is 0 Å². The van der Waals surface area contributed by atoms with Crippen molar-refractivity contribution < 1.29 is 28.5 Å². The highest BCUT2D eigenvalue weighted by molar-refractivity contribution is 5.71. The van der Waals surface area contributed by atoms with E-state index in [9.17, 15) is 4.79 Å². The van der Waals surface area contributed by atoms with E-state index in [2.05, 4.69) is 0 Å². The minimum atomic E-state index is -0.476.